The Morgan fingerprint density at radius 2 is 1.70 bits per heavy atom. The molecule has 1 aliphatic heterocycles. The molecule has 1 aliphatic rings. The van der Waals surface area contributed by atoms with Gasteiger partial charge in [0.15, 0.2) is 0 Å². The van der Waals surface area contributed by atoms with E-state index in [0.29, 0.717) is 25.0 Å². The summed E-state index contributed by atoms with van der Waals surface area (Å²) in [6.07, 6.45) is 2.17. The van der Waals surface area contributed by atoms with Gasteiger partial charge in [0.05, 0.1) is 6.61 Å². The molecular weight excluding hydrogens is 381 g/mol. The van der Waals surface area contributed by atoms with E-state index in [1.807, 2.05) is 29.2 Å². The summed E-state index contributed by atoms with van der Waals surface area (Å²) >= 11 is 0. The van der Waals surface area contributed by atoms with Gasteiger partial charge in [-0.15, -0.1) is 0 Å². The molecular formula is C24H32FN3O2. The maximum Gasteiger partial charge on any atom is 0.239 e. The van der Waals surface area contributed by atoms with Gasteiger partial charge in [-0.3, -0.25) is 4.79 Å². The summed E-state index contributed by atoms with van der Waals surface area (Å²) < 4.78 is 19.2. The van der Waals surface area contributed by atoms with Crippen molar-refractivity contribution in [3.8, 4) is 5.75 Å². The molecule has 2 N–H and O–H groups in total. The van der Waals surface area contributed by atoms with Crippen molar-refractivity contribution in [2.45, 2.75) is 26.7 Å². The minimum Gasteiger partial charge on any atom is -0.493 e. The Morgan fingerprint density at radius 3 is 2.30 bits per heavy atom. The van der Waals surface area contributed by atoms with Crippen molar-refractivity contribution in [2.75, 3.05) is 37.7 Å². The van der Waals surface area contributed by atoms with E-state index in [0.717, 1.165) is 43.1 Å². The Morgan fingerprint density at radius 1 is 1.10 bits per heavy atom. The summed E-state index contributed by atoms with van der Waals surface area (Å²) in [6.45, 7) is 7.74. The highest BCUT2D eigenvalue weighted by Crippen LogP contribution is 2.27. The van der Waals surface area contributed by atoms with Crippen LogP contribution in [0.4, 0.5) is 15.8 Å². The number of carbonyl (C=O) groups excluding carboxylic acids is 1. The van der Waals surface area contributed by atoms with E-state index in [4.69, 9.17) is 4.74 Å². The zero-order valence-electron chi connectivity index (χ0n) is 17.9. The lowest BCUT2D eigenvalue weighted by Crippen LogP contribution is -2.40. The Labute approximate surface area is 178 Å². The molecule has 0 radical (unpaired) electrons. The van der Waals surface area contributed by atoms with Crippen molar-refractivity contribution in [2.24, 2.45) is 11.8 Å². The van der Waals surface area contributed by atoms with Gasteiger partial charge in [0.25, 0.3) is 0 Å². The molecule has 1 saturated heterocycles. The number of amides is 1. The third-order valence-corrected chi connectivity index (χ3v) is 5.22. The normalized spacial score (nSPS) is 14.5. The van der Waals surface area contributed by atoms with E-state index in [-0.39, 0.29) is 18.3 Å². The average molecular weight is 414 g/mol. The molecule has 1 amide bonds. The number of carbonyl (C=O) groups is 1. The lowest BCUT2D eigenvalue weighted by molar-refractivity contribution is -0.119. The summed E-state index contributed by atoms with van der Waals surface area (Å²) in [6, 6.07) is 13.9. The van der Waals surface area contributed by atoms with Crippen molar-refractivity contribution in [1.82, 2.24) is 10.6 Å². The highest BCUT2D eigenvalue weighted by molar-refractivity contribution is 5.84. The molecule has 0 atom stereocenters. The van der Waals surface area contributed by atoms with Gasteiger partial charge in [-0.1, -0.05) is 13.8 Å². The van der Waals surface area contributed by atoms with Crippen molar-refractivity contribution in [1.29, 1.82) is 0 Å². The van der Waals surface area contributed by atoms with Crippen molar-refractivity contribution < 1.29 is 13.9 Å². The number of nitrogens with one attached hydrogen (secondary N) is 2. The average Bonchev–Trinajstić information content (AvgIpc) is 2.76. The molecule has 1 fully saturated rings. The first kappa shape index (κ1) is 22.1. The molecule has 3 rings (SSSR count). The minimum atomic E-state index is -0.300. The second kappa shape index (κ2) is 11.0. The molecule has 0 saturated carbocycles. The summed E-state index contributed by atoms with van der Waals surface area (Å²) in [5.74, 6) is 1.42. The van der Waals surface area contributed by atoms with Crippen LogP contribution in [-0.2, 0) is 4.79 Å². The van der Waals surface area contributed by atoms with E-state index >= 15 is 0 Å². The molecule has 0 unspecified atom stereocenters. The molecule has 1 heterocycles. The third kappa shape index (κ3) is 6.73. The lowest BCUT2D eigenvalue weighted by Gasteiger charge is -2.26. The summed E-state index contributed by atoms with van der Waals surface area (Å²) in [5.41, 5.74) is 1.62. The Bertz CT molecular complexity index is 787. The predicted octanol–water partition coefficient (Wildman–Crippen LogP) is 4.11. The van der Waals surface area contributed by atoms with Gasteiger partial charge in [-0.05, 0) is 86.3 Å². The second-order valence-electron chi connectivity index (χ2n) is 8.26. The predicted molar refractivity (Wildman–Crippen MR) is 119 cm³/mol. The second-order valence-corrected chi connectivity index (χ2v) is 8.26. The SMILES string of the molecule is CC(C)COc1ccc(N(CC(=O)NCC2CCNCC2)c2ccc(F)cc2)cc1. The van der Waals surface area contributed by atoms with Crippen LogP contribution in [-0.4, -0.2) is 38.7 Å². The van der Waals surface area contributed by atoms with Gasteiger partial charge < -0.3 is 20.3 Å². The fourth-order valence-electron chi connectivity index (χ4n) is 3.48. The number of anilines is 2. The Hall–Kier alpha value is -2.60. The first-order chi connectivity index (χ1) is 14.5. The van der Waals surface area contributed by atoms with Crippen LogP contribution in [0.2, 0.25) is 0 Å². The molecule has 0 aliphatic carbocycles. The number of benzene rings is 2. The monoisotopic (exact) mass is 413 g/mol. The van der Waals surface area contributed by atoms with Gasteiger partial charge in [0, 0.05) is 17.9 Å². The van der Waals surface area contributed by atoms with E-state index in [2.05, 4.69) is 24.5 Å². The lowest BCUT2D eigenvalue weighted by atomic mass is 9.98. The first-order valence-electron chi connectivity index (χ1n) is 10.7. The van der Waals surface area contributed by atoms with Crippen LogP contribution < -0.4 is 20.3 Å². The fourth-order valence-corrected chi connectivity index (χ4v) is 3.48. The van der Waals surface area contributed by atoms with E-state index < -0.39 is 0 Å². The molecule has 5 nitrogen and oxygen atoms in total. The number of piperidine rings is 1. The highest BCUT2D eigenvalue weighted by Gasteiger charge is 2.17. The largest absolute Gasteiger partial charge is 0.493 e. The maximum atomic E-state index is 13.4. The summed E-state index contributed by atoms with van der Waals surface area (Å²) in [5, 5.41) is 6.41. The van der Waals surface area contributed by atoms with Crippen molar-refractivity contribution >= 4 is 17.3 Å². The van der Waals surface area contributed by atoms with Gasteiger partial charge in [-0.25, -0.2) is 4.39 Å². The number of hydrogen-bond acceptors (Lipinski definition) is 4. The molecule has 6 heteroatoms. The summed E-state index contributed by atoms with van der Waals surface area (Å²) in [7, 11) is 0. The fraction of sp³-hybridized carbons (Fsp3) is 0.458. The van der Waals surface area contributed by atoms with Crippen molar-refractivity contribution in [3.05, 3.63) is 54.3 Å². The van der Waals surface area contributed by atoms with Gasteiger partial charge >= 0.3 is 0 Å². The van der Waals surface area contributed by atoms with Crippen LogP contribution in [0, 0.1) is 17.7 Å². The van der Waals surface area contributed by atoms with Gasteiger partial charge in [0.2, 0.25) is 5.91 Å². The van der Waals surface area contributed by atoms with Crippen LogP contribution in [0.1, 0.15) is 26.7 Å². The highest BCUT2D eigenvalue weighted by atomic mass is 19.1. The first-order valence-corrected chi connectivity index (χ1v) is 10.7. The van der Waals surface area contributed by atoms with Crippen LogP contribution in [0.25, 0.3) is 0 Å². The zero-order chi connectivity index (χ0) is 21.3. The van der Waals surface area contributed by atoms with Crippen LogP contribution >= 0.6 is 0 Å². The Balaban J connectivity index is 1.68. The maximum absolute atomic E-state index is 13.4. The number of hydrogen-bond donors (Lipinski definition) is 2. The molecule has 0 bridgehead atoms. The molecule has 0 spiro atoms. The zero-order valence-corrected chi connectivity index (χ0v) is 17.9. The van der Waals surface area contributed by atoms with E-state index in [9.17, 15) is 9.18 Å². The number of halogens is 1. The number of ether oxygens (including phenoxy) is 1. The van der Waals surface area contributed by atoms with Gasteiger partial charge in [0.1, 0.15) is 18.1 Å². The standard InChI is InChI=1S/C24H32FN3O2/c1-18(2)17-30-23-9-7-22(8-10-23)28(21-5-3-20(25)4-6-21)16-24(29)27-15-19-11-13-26-14-12-19/h3-10,18-19,26H,11-17H2,1-2H3,(H,27,29). The molecule has 0 aromatic heterocycles. The summed E-state index contributed by atoms with van der Waals surface area (Å²) in [4.78, 5) is 14.6. The van der Waals surface area contributed by atoms with Gasteiger partial charge in [-0.2, -0.15) is 0 Å². The molecule has 162 valence electrons. The molecule has 2 aromatic carbocycles. The quantitative estimate of drug-likeness (QED) is 0.650. The molecule has 30 heavy (non-hydrogen) atoms. The van der Waals surface area contributed by atoms with E-state index in [1.165, 1.54) is 12.1 Å². The van der Waals surface area contributed by atoms with Crippen LogP contribution in [0.5, 0.6) is 5.75 Å². The number of nitrogens with zero attached hydrogens (tertiary/aromatic N) is 1. The van der Waals surface area contributed by atoms with Crippen molar-refractivity contribution in [3.63, 3.8) is 0 Å². The smallest absolute Gasteiger partial charge is 0.239 e. The third-order valence-electron chi connectivity index (χ3n) is 5.22. The van der Waals surface area contributed by atoms with Crippen LogP contribution in [0.15, 0.2) is 48.5 Å². The van der Waals surface area contributed by atoms with Crippen LogP contribution in [0.3, 0.4) is 0 Å². The molecule has 2 aromatic rings. The topological polar surface area (TPSA) is 53.6 Å². The minimum absolute atomic E-state index is 0.0435. The number of rotatable bonds is 9. The Kier molecular flexibility index (Phi) is 8.08. The van der Waals surface area contributed by atoms with E-state index in [1.54, 1.807) is 12.1 Å².